The van der Waals surface area contributed by atoms with E-state index in [-0.39, 0.29) is 0 Å². The van der Waals surface area contributed by atoms with E-state index in [1.807, 2.05) is 0 Å². The van der Waals surface area contributed by atoms with Crippen molar-refractivity contribution in [2.24, 2.45) is 0 Å². The second-order valence-corrected chi connectivity index (χ2v) is 6.59. The predicted molar refractivity (Wildman–Crippen MR) is 44.1 cm³/mol. The number of phosphoric acid groups is 2. The Kier molecular flexibility index (Phi) is 4.42. The molecule has 84 valence electrons. The Morgan fingerprint density at radius 3 is 1.71 bits per heavy atom. The van der Waals surface area contributed by atoms with Crippen molar-refractivity contribution in [3.8, 4) is 0 Å². The minimum absolute atomic E-state index is 0.304. The quantitative estimate of drug-likeness (QED) is 0.523. The monoisotopic (exact) mass is 268 g/mol. The van der Waals surface area contributed by atoms with Crippen LogP contribution in [0.4, 0.5) is 0 Å². The Morgan fingerprint density at radius 1 is 1.00 bits per heavy atom. The number of hydrogen-bond acceptors (Lipinski definition) is 5. The molecule has 0 aromatic carbocycles. The van der Waals surface area contributed by atoms with E-state index in [2.05, 4.69) is 15.2 Å². The van der Waals surface area contributed by atoms with Crippen LogP contribution in [0.5, 0.6) is 0 Å². The van der Waals surface area contributed by atoms with Crippen LogP contribution in [0.15, 0.2) is 12.4 Å². The molecule has 0 spiro atoms. The highest BCUT2D eigenvalue weighted by Gasteiger charge is 2.37. The molecule has 4 N–H and O–H groups in total. The number of hydrogen-bond donors (Lipinski definition) is 4. The maximum Gasteiger partial charge on any atom is 0.488 e. The summed E-state index contributed by atoms with van der Waals surface area (Å²) in [4.78, 5) is 33.4. The van der Waals surface area contributed by atoms with Crippen molar-refractivity contribution < 1.29 is 41.9 Å². The summed E-state index contributed by atoms with van der Waals surface area (Å²) < 4.78 is 38.1. The van der Waals surface area contributed by atoms with Gasteiger partial charge < -0.3 is 19.6 Å². The first kappa shape index (κ1) is 14.2. The molecule has 0 aliphatic rings. The van der Waals surface area contributed by atoms with Crippen molar-refractivity contribution in [2.45, 2.75) is 0 Å². The van der Waals surface area contributed by atoms with Gasteiger partial charge in [-0.3, -0.25) is 4.57 Å². The van der Waals surface area contributed by atoms with Gasteiger partial charge in [-0.15, -0.1) is 0 Å². The fraction of sp³-hybridized carbons (Fsp3) is 0. The second-order valence-electron chi connectivity index (χ2n) is 1.87. The Morgan fingerprint density at radius 2 is 1.43 bits per heavy atom. The van der Waals surface area contributed by atoms with Gasteiger partial charge >= 0.3 is 23.2 Å². The Labute approximate surface area is 78.4 Å². The van der Waals surface area contributed by atoms with Crippen LogP contribution >= 0.6 is 23.2 Å². The highest BCUT2D eigenvalue weighted by Crippen LogP contribution is 2.66. The predicted octanol–water partition coefficient (Wildman–Crippen LogP) is 0.542. The van der Waals surface area contributed by atoms with Crippen molar-refractivity contribution in [2.75, 3.05) is 0 Å². The third-order valence-corrected chi connectivity index (χ3v) is 4.56. The van der Waals surface area contributed by atoms with Crippen LogP contribution in [0, 0.1) is 0 Å². The SMILES string of the molecule is C=CP(=O)(O)OP(=O)(O)OP(=O)(O)O. The van der Waals surface area contributed by atoms with Crippen LogP contribution in [-0.2, 0) is 22.3 Å². The van der Waals surface area contributed by atoms with Crippen LogP contribution in [0.3, 0.4) is 0 Å². The molecule has 2 unspecified atom stereocenters. The van der Waals surface area contributed by atoms with E-state index in [0.717, 1.165) is 0 Å². The van der Waals surface area contributed by atoms with E-state index < -0.39 is 23.2 Å². The highest BCUT2D eigenvalue weighted by atomic mass is 31.3. The molecular weight excluding hydrogens is 261 g/mol. The molecular formula is C2H7O9P3. The molecule has 0 fully saturated rings. The fourth-order valence-electron chi connectivity index (χ4n) is 0.330. The molecule has 0 bridgehead atoms. The van der Waals surface area contributed by atoms with E-state index in [1.54, 1.807) is 0 Å². The topological polar surface area (TPSA) is 151 Å². The van der Waals surface area contributed by atoms with Gasteiger partial charge in [-0.25, -0.2) is 13.4 Å². The zero-order valence-corrected chi connectivity index (χ0v) is 9.14. The molecule has 0 heterocycles. The average molecular weight is 268 g/mol. The molecule has 0 saturated carbocycles. The fourth-order valence-corrected chi connectivity index (χ4v) is 3.24. The summed E-state index contributed by atoms with van der Waals surface area (Å²) >= 11 is 0. The summed E-state index contributed by atoms with van der Waals surface area (Å²) in [5.74, 6) is 0.304. The third-order valence-electron chi connectivity index (χ3n) is 0.660. The molecule has 0 rings (SSSR count). The van der Waals surface area contributed by atoms with Crippen molar-refractivity contribution in [1.82, 2.24) is 0 Å². The molecule has 2 atom stereocenters. The van der Waals surface area contributed by atoms with Gasteiger partial charge in [-0.05, 0) is 0 Å². The summed E-state index contributed by atoms with van der Waals surface area (Å²) in [5, 5.41) is 0. The van der Waals surface area contributed by atoms with Gasteiger partial charge in [0.2, 0.25) is 0 Å². The minimum Gasteiger partial charge on any atom is -0.321 e. The van der Waals surface area contributed by atoms with Crippen molar-refractivity contribution in [3.63, 3.8) is 0 Å². The molecule has 0 saturated heterocycles. The van der Waals surface area contributed by atoms with Crippen molar-refractivity contribution in [1.29, 1.82) is 0 Å². The summed E-state index contributed by atoms with van der Waals surface area (Å²) in [6, 6.07) is 0. The average Bonchev–Trinajstić information content (AvgIpc) is 1.78. The first-order valence-corrected chi connectivity index (χ1v) is 7.42. The maximum absolute atomic E-state index is 10.6. The van der Waals surface area contributed by atoms with Crippen LogP contribution < -0.4 is 0 Å². The van der Waals surface area contributed by atoms with Crippen LogP contribution in [0.25, 0.3) is 0 Å². The summed E-state index contributed by atoms with van der Waals surface area (Å²) in [5.41, 5.74) is 0. The zero-order valence-electron chi connectivity index (χ0n) is 6.46. The van der Waals surface area contributed by atoms with Gasteiger partial charge in [0.1, 0.15) is 0 Å². The van der Waals surface area contributed by atoms with Gasteiger partial charge in [0.15, 0.2) is 0 Å². The summed E-state index contributed by atoms with van der Waals surface area (Å²) in [6.45, 7) is 2.79. The molecule has 9 nitrogen and oxygen atoms in total. The molecule has 12 heteroatoms. The van der Waals surface area contributed by atoms with Crippen LogP contribution in [0.1, 0.15) is 0 Å². The largest absolute Gasteiger partial charge is 0.488 e. The van der Waals surface area contributed by atoms with Gasteiger partial charge in [0, 0.05) is 5.82 Å². The van der Waals surface area contributed by atoms with Crippen molar-refractivity contribution >= 4 is 23.2 Å². The van der Waals surface area contributed by atoms with E-state index in [4.69, 9.17) is 19.6 Å². The standard InChI is InChI=1S/C2H7O9P3/c1-2-12(3,4)10-14(8,9)11-13(5,6)7/h2H,1H2,(H,3,4)(H,8,9)(H2,5,6,7). The minimum atomic E-state index is -5.30. The lowest BCUT2D eigenvalue weighted by atomic mass is 11.3. The lowest BCUT2D eigenvalue weighted by Gasteiger charge is -2.13. The van der Waals surface area contributed by atoms with Gasteiger partial charge in [0.25, 0.3) is 0 Å². The molecule has 0 aliphatic heterocycles. The summed E-state index contributed by atoms with van der Waals surface area (Å²) in [6.07, 6.45) is 0. The Balaban J connectivity index is 4.68. The van der Waals surface area contributed by atoms with Crippen LogP contribution in [-0.4, -0.2) is 19.6 Å². The van der Waals surface area contributed by atoms with E-state index in [1.165, 1.54) is 0 Å². The van der Waals surface area contributed by atoms with E-state index in [0.29, 0.717) is 5.82 Å². The van der Waals surface area contributed by atoms with Gasteiger partial charge in [0.05, 0.1) is 0 Å². The first-order chi connectivity index (χ1) is 5.97. The zero-order chi connectivity index (χ0) is 11.6. The number of rotatable bonds is 5. The normalized spacial score (nSPS) is 20.9. The summed E-state index contributed by atoms with van der Waals surface area (Å²) in [7, 11) is -15.2. The molecule has 0 aromatic rings. The van der Waals surface area contributed by atoms with E-state index >= 15 is 0 Å². The Hall–Kier alpha value is 0.190. The first-order valence-electron chi connectivity index (χ1n) is 2.74. The molecule has 0 radical (unpaired) electrons. The Bertz CT molecular complexity index is 351. The third kappa shape index (κ3) is 6.62. The molecule has 14 heavy (non-hydrogen) atoms. The van der Waals surface area contributed by atoms with Gasteiger partial charge in [-0.1, -0.05) is 6.58 Å². The van der Waals surface area contributed by atoms with E-state index in [9.17, 15) is 13.7 Å². The smallest absolute Gasteiger partial charge is 0.321 e. The highest BCUT2D eigenvalue weighted by molar-refractivity contribution is 7.69. The lowest BCUT2D eigenvalue weighted by molar-refractivity contribution is 0.224. The molecule has 0 aromatic heterocycles. The lowest BCUT2D eigenvalue weighted by Crippen LogP contribution is -1.91. The van der Waals surface area contributed by atoms with Crippen molar-refractivity contribution in [3.05, 3.63) is 12.4 Å². The van der Waals surface area contributed by atoms with Gasteiger partial charge in [-0.2, -0.15) is 4.31 Å². The molecule has 0 aliphatic carbocycles. The molecule has 0 amide bonds. The second kappa shape index (κ2) is 4.37. The maximum atomic E-state index is 10.6. The van der Waals surface area contributed by atoms with Crippen LogP contribution in [0.2, 0.25) is 0 Å².